The first kappa shape index (κ1) is 8.96. The summed E-state index contributed by atoms with van der Waals surface area (Å²) in [5.74, 6) is 0. The molecular formula is C6H13NO3S. The van der Waals surface area contributed by atoms with Crippen LogP contribution in [0.5, 0.6) is 0 Å². The van der Waals surface area contributed by atoms with Gasteiger partial charge in [0.2, 0.25) is 0 Å². The maximum atomic E-state index is 10.6. The van der Waals surface area contributed by atoms with Gasteiger partial charge in [-0.05, 0) is 33.0 Å². The molecule has 0 aliphatic carbocycles. The van der Waals surface area contributed by atoms with Gasteiger partial charge in [-0.1, -0.05) is 0 Å². The van der Waals surface area contributed by atoms with Crippen LogP contribution in [-0.2, 0) is 10.1 Å². The normalized spacial score (nSPS) is 23.8. The standard InChI is InChI=1S/C6H13NO3S/c1-7-4-2-6(3-5-7)11(8,9)10/h6H,2-5H2,1H3,(H,8,9,10). The molecule has 1 rings (SSSR count). The largest absolute Gasteiger partial charge is 0.306 e. The first-order chi connectivity index (χ1) is 5.00. The molecule has 0 atom stereocenters. The van der Waals surface area contributed by atoms with Gasteiger partial charge in [-0.25, -0.2) is 0 Å². The van der Waals surface area contributed by atoms with E-state index < -0.39 is 15.4 Å². The molecular weight excluding hydrogens is 166 g/mol. The molecule has 0 aromatic heterocycles. The molecule has 0 saturated carbocycles. The van der Waals surface area contributed by atoms with Crippen molar-refractivity contribution < 1.29 is 13.0 Å². The molecule has 0 radical (unpaired) electrons. The molecule has 4 nitrogen and oxygen atoms in total. The summed E-state index contributed by atoms with van der Waals surface area (Å²) in [5.41, 5.74) is 0. The smallest absolute Gasteiger partial charge is 0.267 e. The van der Waals surface area contributed by atoms with Crippen molar-refractivity contribution in [1.29, 1.82) is 0 Å². The fourth-order valence-electron chi connectivity index (χ4n) is 1.28. The van der Waals surface area contributed by atoms with E-state index >= 15 is 0 Å². The summed E-state index contributed by atoms with van der Waals surface area (Å²) in [5, 5.41) is -0.529. The second-order valence-electron chi connectivity index (χ2n) is 3.02. The van der Waals surface area contributed by atoms with E-state index in [0.29, 0.717) is 12.8 Å². The van der Waals surface area contributed by atoms with E-state index in [1.807, 2.05) is 7.05 Å². The molecule has 0 amide bonds. The molecule has 1 N–H and O–H groups in total. The predicted molar refractivity (Wildman–Crippen MR) is 42.1 cm³/mol. The van der Waals surface area contributed by atoms with E-state index in [2.05, 4.69) is 4.90 Å². The molecule has 0 aromatic rings. The van der Waals surface area contributed by atoms with Crippen LogP contribution >= 0.6 is 0 Å². The van der Waals surface area contributed by atoms with Crippen molar-refractivity contribution in [2.75, 3.05) is 20.1 Å². The highest BCUT2D eigenvalue weighted by Gasteiger charge is 2.26. The van der Waals surface area contributed by atoms with Crippen molar-refractivity contribution >= 4 is 10.1 Å². The number of hydrogen-bond acceptors (Lipinski definition) is 3. The highest BCUT2D eigenvalue weighted by atomic mass is 32.2. The van der Waals surface area contributed by atoms with Gasteiger partial charge < -0.3 is 4.90 Å². The lowest BCUT2D eigenvalue weighted by atomic mass is 10.1. The first-order valence-corrected chi connectivity index (χ1v) is 5.15. The second kappa shape index (κ2) is 3.08. The Balaban J connectivity index is 2.53. The van der Waals surface area contributed by atoms with Crippen LogP contribution in [0.25, 0.3) is 0 Å². The van der Waals surface area contributed by atoms with Crippen molar-refractivity contribution in [3.8, 4) is 0 Å². The van der Waals surface area contributed by atoms with Crippen molar-refractivity contribution in [3.63, 3.8) is 0 Å². The third-order valence-electron chi connectivity index (χ3n) is 2.09. The van der Waals surface area contributed by atoms with E-state index in [-0.39, 0.29) is 0 Å². The van der Waals surface area contributed by atoms with Crippen LogP contribution in [0.2, 0.25) is 0 Å². The first-order valence-electron chi connectivity index (χ1n) is 3.65. The number of piperidine rings is 1. The topological polar surface area (TPSA) is 57.6 Å². The number of likely N-dealkylation sites (tertiary alicyclic amines) is 1. The monoisotopic (exact) mass is 179 g/mol. The summed E-state index contributed by atoms with van der Waals surface area (Å²) < 4.78 is 29.9. The fraction of sp³-hybridized carbons (Fsp3) is 1.00. The molecule has 1 heterocycles. The minimum Gasteiger partial charge on any atom is -0.306 e. The van der Waals surface area contributed by atoms with Gasteiger partial charge in [0, 0.05) is 0 Å². The number of nitrogens with zero attached hydrogens (tertiary/aromatic N) is 1. The maximum Gasteiger partial charge on any atom is 0.267 e. The average molecular weight is 179 g/mol. The zero-order valence-corrected chi connectivity index (χ0v) is 7.34. The quantitative estimate of drug-likeness (QED) is 0.574. The highest BCUT2D eigenvalue weighted by molar-refractivity contribution is 7.86. The summed E-state index contributed by atoms with van der Waals surface area (Å²) in [6.07, 6.45) is 1.10. The molecule has 0 unspecified atom stereocenters. The zero-order chi connectivity index (χ0) is 8.48. The summed E-state index contributed by atoms with van der Waals surface area (Å²) in [4.78, 5) is 2.06. The Morgan fingerprint density at radius 1 is 1.36 bits per heavy atom. The Bertz CT molecular complexity index is 216. The summed E-state index contributed by atoms with van der Waals surface area (Å²) in [7, 11) is -1.83. The Kier molecular flexibility index (Phi) is 2.51. The van der Waals surface area contributed by atoms with Gasteiger partial charge in [-0.2, -0.15) is 8.42 Å². The van der Waals surface area contributed by atoms with Crippen LogP contribution in [-0.4, -0.2) is 43.3 Å². The minimum atomic E-state index is -3.78. The number of hydrogen-bond donors (Lipinski definition) is 1. The summed E-state index contributed by atoms with van der Waals surface area (Å²) >= 11 is 0. The Morgan fingerprint density at radius 3 is 2.18 bits per heavy atom. The average Bonchev–Trinajstić information content (AvgIpc) is 1.86. The van der Waals surface area contributed by atoms with Gasteiger partial charge in [-0.15, -0.1) is 0 Å². The zero-order valence-electron chi connectivity index (χ0n) is 6.52. The van der Waals surface area contributed by atoms with Crippen LogP contribution in [0, 0.1) is 0 Å². The molecule has 0 spiro atoms. The SMILES string of the molecule is CN1CCC(S(=O)(=O)O)CC1. The summed E-state index contributed by atoms with van der Waals surface area (Å²) in [6, 6.07) is 0. The molecule has 0 aromatic carbocycles. The molecule has 1 fully saturated rings. The second-order valence-corrected chi connectivity index (χ2v) is 4.71. The molecule has 1 saturated heterocycles. The van der Waals surface area contributed by atoms with Gasteiger partial charge in [0.1, 0.15) is 0 Å². The van der Waals surface area contributed by atoms with Crippen molar-refractivity contribution in [1.82, 2.24) is 4.90 Å². The van der Waals surface area contributed by atoms with Gasteiger partial charge in [0.05, 0.1) is 5.25 Å². The Labute approximate surface area is 66.9 Å². The Hall–Kier alpha value is -0.130. The van der Waals surface area contributed by atoms with Gasteiger partial charge in [0.15, 0.2) is 0 Å². The molecule has 1 aliphatic heterocycles. The maximum absolute atomic E-state index is 10.6. The van der Waals surface area contributed by atoms with Crippen LogP contribution in [0.15, 0.2) is 0 Å². The van der Waals surface area contributed by atoms with E-state index in [1.165, 1.54) is 0 Å². The van der Waals surface area contributed by atoms with Crippen LogP contribution in [0.4, 0.5) is 0 Å². The molecule has 5 heteroatoms. The van der Waals surface area contributed by atoms with E-state index in [1.54, 1.807) is 0 Å². The third kappa shape index (κ3) is 2.43. The fourth-order valence-corrected chi connectivity index (χ4v) is 2.09. The van der Waals surface area contributed by atoms with Crippen LogP contribution < -0.4 is 0 Å². The van der Waals surface area contributed by atoms with E-state index in [0.717, 1.165) is 13.1 Å². The third-order valence-corrected chi connectivity index (χ3v) is 3.40. The molecule has 1 aliphatic rings. The predicted octanol–water partition coefficient (Wildman–Crippen LogP) is -0.0316. The molecule has 11 heavy (non-hydrogen) atoms. The minimum absolute atomic E-state index is 0.529. The van der Waals surface area contributed by atoms with Crippen LogP contribution in [0.1, 0.15) is 12.8 Å². The van der Waals surface area contributed by atoms with Gasteiger partial charge in [-0.3, -0.25) is 4.55 Å². The van der Waals surface area contributed by atoms with Crippen molar-refractivity contribution in [2.45, 2.75) is 18.1 Å². The molecule has 66 valence electrons. The van der Waals surface area contributed by atoms with Gasteiger partial charge in [0.25, 0.3) is 10.1 Å². The van der Waals surface area contributed by atoms with Gasteiger partial charge >= 0.3 is 0 Å². The number of rotatable bonds is 1. The highest BCUT2D eigenvalue weighted by Crippen LogP contribution is 2.14. The Morgan fingerprint density at radius 2 is 1.82 bits per heavy atom. The molecule has 0 bridgehead atoms. The van der Waals surface area contributed by atoms with Crippen molar-refractivity contribution in [3.05, 3.63) is 0 Å². The summed E-state index contributed by atoms with van der Waals surface area (Å²) in [6.45, 7) is 1.51. The van der Waals surface area contributed by atoms with Crippen LogP contribution in [0.3, 0.4) is 0 Å². The van der Waals surface area contributed by atoms with E-state index in [9.17, 15) is 8.42 Å². The lowest BCUT2D eigenvalue weighted by Crippen LogP contribution is -2.36. The van der Waals surface area contributed by atoms with E-state index in [4.69, 9.17) is 4.55 Å². The lowest BCUT2D eigenvalue weighted by Gasteiger charge is -2.26. The van der Waals surface area contributed by atoms with Crippen molar-refractivity contribution in [2.24, 2.45) is 0 Å². The lowest BCUT2D eigenvalue weighted by molar-refractivity contribution is 0.272.